The van der Waals surface area contributed by atoms with E-state index < -0.39 is 0 Å². The van der Waals surface area contributed by atoms with E-state index in [2.05, 4.69) is 5.32 Å². The molecular formula is C14H20N2O2. The zero-order chi connectivity index (χ0) is 13.1. The van der Waals surface area contributed by atoms with Crippen LogP contribution in [0.15, 0.2) is 24.3 Å². The molecule has 2 N–H and O–H groups in total. The molecule has 18 heavy (non-hydrogen) atoms. The van der Waals surface area contributed by atoms with E-state index in [-0.39, 0.29) is 17.8 Å². The Bertz CT molecular complexity index is 412. The molecule has 0 saturated heterocycles. The summed E-state index contributed by atoms with van der Waals surface area (Å²) in [7, 11) is 1.82. The van der Waals surface area contributed by atoms with Gasteiger partial charge in [0.05, 0.1) is 0 Å². The summed E-state index contributed by atoms with van der Waals surface area (Å²) < 4.78 is 0. The normalized spacial score (nSPS) is 16.1. The van der Waals surface area contributed by atoms with E-state index in [0.717, 1.165) is 24.8 Å². The molecule has 4 heteroatoms. The number of likely N-dealkylation sites (N-methyl/N-ethyl adjacent to an activating group) is 1. The number of nitrogens with one attached hydrogen (secondary N) is 1. The molecule has 4 nitrogen and oxygen atoms in total. The second kappa shape index (κ2) is 5.29. The summed E-state index contributed by atoms with van der Waals surface area (Å²) in [4.78, 5) is 13.6. The predicted molar refractivity (Wildman–Crippen MR) is 70.6 cm³/mol. The zero-order valence-electron chi connectivity index (χ0n) is 10.9. The van der Waals surface area contributed by atoms with E-state index in [1.165, 1.54) is 0 Å². The van der Waals surface area contributed by atoms with Gasteiger partial charge in [0.25, 0.3) is 0 Å². The number of rotatable bonds is 4. The van der Waals surface area contributed by atoms with Gasteiger partial charge in [-0.05, 0) is 43.9 Å². The van der Waals surface area contributed by atoms with Crippen LogP contribution in [-0.4, -0.2) is 35.2 Å². The maximum atomic E-state index is 11.9. The highest BCUT2D eigenvalue weighted by molar-refractivity contribution is 5.74. The molecule has 0 radical (unpaired) electrons. The number of nitrogens with zero attached hydrogens (tertiary/aromatic N) is 1. The van der Waals surface area contributed by atoms with E-state index >= 15 is 0 Å². The summed E-state index contributed by atoms with van der Waals surface area (Å²) in [5.41, 5.74) is 1.12. The Morgan fingerprint density at radius 2 is 2.06 bits per heavy atom. The number of carbonyl (C=O) groups is 1. The smallest absolute Gasteiger partial charge is 0.317 e. The van der Waals surface area contributed by atoms with E-state index in [1.54, 1.807) is 17.0 Å². The zero-order valence-corrected chi connectivity index (χ0v) is 10.9. The van der Waals surface area contributed by atoms with Gasteiger partial charge in [-0.3, -0.25) is 0 Å². The predicted octanol–water partition coefficient (Wildman–Crippen LogP) is 2.13. The molecular weight excluding hydrogens is 228 g/mol. The Morgan fingerprint density at radius 1 is 1.44 bits per heavy atom. The summed E-state index contributed by atoms with van der Waals surface area (Å²) >= 11 is 0. The van der Waals surface area contributed by atoms with Gasteiger partial charge in [-0.15, -0.1) is 0 Å². The first-order valence-electron chi connectivity index (χ1n) is 6.37. The van der Waals surface area contributed by atoms with Crippen molar-refractivity contribution in [2.45, 2.75) is 38.3 Å². The van der Waals surface area contributed by atoms with Crippen LogP contribution in [-0.2, 0) is 6.42 Å². The summed E-state index contributed by atoms with van der Waals surface area (Å²) in [6, 6.07) is 7.65. The summed E-state index contributed by atoms with van der Waals surface area (Å²) in [6.45, 7) is 2.03. The lowest BCUT2D eigenvalue weighted by Crippen LogP contribution is -2.44. The van der Waals surface area contributed by atoms with Crippen molar-refractivity contribution in [1.29, 1.82) is 0 Å². The van der Waals surface area contributed by atoms with E-state index in [1.807, 2.05) is 26.1 Å². The van der Waals surface area contributed by atoms with Crippen LogP contribution in [0.1, 0.15) is 25.3 Å². The number of hydrogen-bond acceptors (Lipinski definition) is 2. The van der Waals surface area contributed by atoms with Crippen molar-refractivity contribution in [1.82, 2.24) is 10.2 Å². The fourth-order valence-corrected chi connectivity index (χ4v) is 1.81. The van der Waals surface area contributed by atoms with Crippen molar-refractivity contribution in [3.05, 3.63) is 29.8 Å². The first-order valence-corrected chi connectivity index (χ1v) is 6.37. The monoisotopic (exact) mass is 248 g/mol. The number of benzene rings is 1. The number of carbonyl (C=O) groups excluding carboxylic acids is 1. The molecule has 1 aliphatic rings. The second-order valence-corrected chi connectivity index (χ2v) is 5.05. The highest BCUT2D eigenvalue weighted by Crippen LogP contribution is 2.19. The lowest BCUT2D eigenvalue weighted by molar-refractivity contribution is 0.193. The fourth-order valence-electron chi connectivity index (χ4n) is 1.81. The maximum absolute atomic E-state index is 11.9. The molecule has 2 rings (SSSR count). The van der Waals surface area contributed by atoms with Crippen LogP contribution in [0.2, 0.25) is 0 Å². The first-order chi connectivity index (χ1) is 8.56. The van der Waals surface area contributed by atoms with E-state index in [4.69, 9.17) is 0 Å². The summed E-state index contributed by atoms with van der Waals surface area (Å²) in [6.07, 6.45) is 2.99. The molecule has 1 saturated carbocycles. The average molecular weight is 248 g/mol. The molecule has 0 heterocycles. The van der Waals surface area contributed by atoms with Crippen molar-refractivity contribution >= 4 is 6.03 Å². The third kappa shape index (κ3) is 3.39. The van der Waals surface area contributed by atoms with E-state index in [9.17, 15) is 9.90 Å². The second-order valence-electron chi connectivity index (χ2n) is 5.05. The number of phenols is 1. The number of urea groups is 1. The maximum Gasteiger partial charge on any atom is 0.317 e. The Labute approximate surface area is 108 Å². The molecule has 0 spiro atoms. The minimum absolute atomic E-state index is 0.00350. The largest absolute Gasteiger partial charge is 0.508 e. The SMILES string of the molecule is C[C@@H](Cc1ccc(O)cc1)N(C)C(=O)NC1CC1. The van der Waals surface area contributed by atoms with Crippen molar-refractivity contribution in [3.8, 4) is 5.75 Å². The van der Waals surface area contributed by atoms with Gasteiger partial charge in [-0.1, -0.05) is 12.1 Å². The van der Waals surface area contributed by atoms with Gasteiger partial charge in [0.2, 0.25) is 0 Å². The number of amides is 2. The first kappa shape index (κ1) is 12.7. The molecule has 1 aromatic carbocycles. The van der Waals surface area contributed by atoms with Crippen LogP contribution < -0.4 is 5.32 Å². The quantitative estimate of drug-likeness (QED) is 0.857. The van der Waals surface area contributed by atoms with Crippen molar-refractivity contribution in [2.75, 3.05) is 7.05 Å². The average Bonchev–Trinajstić information content (AvgIpc) is 3.15. The van der Waals surface area contributed by atoms with Crippen LogP contribution in [0.25, 0.3) is 0 Å². The van der Waals surface area contributed by atoms with E-state index in [0.29, 0.717) is 6.04 Å². The molecule has 2 amide bonds. The van der Waals surface area contributed by atoms with Gasteiger partial charge in [-0.25, -0.2) is 4.79 Å². The molecule has 1 atom stereocenters. The van der Waals surface area contributed by atoms with Crippen LogP contribution in [0, 0.1) is 0 Å². The fraction of sp³-hybridized carbons (Fsp3) is 0.500. The molecule has 1 aromatic rings. The van der Waals surface area contributed by atoms with Crippen molar-refractivity contribution < 1.29 is 9.90 Å². The lowest BCUT2D eigenvalue weighted by atomic mass is 10.1. The van der Waals surface area contributed by atoms with Gasteiger partial charge in [-0.2, -0.15) is 0 Å². The lowest BCUT2D eigenvalue weighted by Gasteiger charge is -2.25. The van der Waals surface area contributed by atoms with Gasteiger partial charge in [0.1, 0.15) is 5.75 Å². The molecule has 0 aromatic heterocycles. The summed E-state index contributed by atoms with van der Waals surface area (Å²) in [5, 5.41) is 12.2. The van der Waals surface area contributed by atoms with Crippen molar-refractivity contribution in [3.63, 3.8) is 0 Å². The Hall–Kier alpha value is -1.71. The Balaban J connectivity index is 1.87. The Kier molecular flexibility index (Phi) is 3.75. The molecule has 0 aliphatic heterocycles. The van der Waals surface area contributed by atoms with Crippen LogP contribution in [0.5, 0.6) is 5.75 Å². The highest BCUT2D eigenvalue weighted by Gasteiger charge is 2.26. The topological polar surface area (TPSA) is 52.6 Å². The number of phenolic OH excluding ortho intramolecular Hbond substituents is 1. The van der Waals surface area contributed by atoms with Crippen LogP contribution >= 0.6 is 0 Å². The minimum Gasteiger partial charge on any atom is -0.508 e. The van der Waals surface area contributed by atoms with Gasteiger partial charge >= 0.3 is 6.03 Å². The van der Waals surface area contributed by atoms with Crippen LogP contribution in [0.3, 0.4) is 0 Å². The molecule has 98 valence electrons. The summed E-state index contributed by atoms with van der Waals surface area (Å²) in [5.74, 6) is 0.270. The van der Waals surface area contributed by atoms with Gasteiger partial charge in [0.15, 0.2) is 0 Å². The highest BCUT2D eigenvalue weighted by atomic mass is 16.3. The molecule has 1 fully saturated rings. The van der Waals surface area contributed by atoms with Crippen LogP contribution in [0.4, 0.5) is 4.79 Å². The molecule has 0 bridgehead atoms. The standard InChI is InChI=1S/C14H20N2O2/c1-10(9-11-3-7-13(17)8-4-11)16(2)14(18)15-12-5-6-12/h3-4,7-8,10,12,17H,5-6,9H2,1-2H3,(H,15,18)/t10-/m0/s1. The minimum atomic E-state index is 0.00350. The van der Waals surface area contributed by atoms with Gasteiger partial charge < -0.3 is 15.3 Å². The number of hydrogen-bond donors (Lipinski definition) is 2. The molecule has 0 unspecified atom stereocenters. The third-order valence-electron chi connectivity index (χ3n) is 3.35. The van der Waals surface area contributed by atoms with Gasteiger partial charge in [0, 0.05) is 19.1 Å². The molecule has 1 aliphatic carbocycles. The number of aromatic hydroxyl groups is 1. The Morgan fingerprint density at radius 3 is 2.61 bits per heavy atom. The van der Waals surface area contributed by atoms with Crippen molar-refractivity contribution in [2.24, 2.45) is 0 Å². The third-order valence-corrected chi connectivity index (χ3v) is 3.35.